The van der Waals surface area contributed by atoms with Crippen molar-refractivity contribution in [1.82, 2.24) is 10.2 Å². The van der Waals surface area contributed by atoms with Crippen LogP contribution in [0.3, 0.4) is 0 Å². The molecule has 0 saturated carbocycles. The van der Waals surface area contributed by atoms with E-state index in [0.717, 1.165) is 17.4 Å². The summed E-state index contributed by atoms with van der Waals surface area (Å²) in [6, 6.07) is 16.1. The number of nitrogens with one attached hydrogen (secondary N) is 1. The summed E-state index contributed by atoms with van der Waals surface area (Å²) < 4.78 is 26.0. The smallest absolute Gasteiger partial charge is 0.243 e. The second kappa shape index (κ2) is 12.6. The highest BCUT2D eigenvalue weighted by molar-refractivity contribution is 7.92. The van der Waals surface area contributed by atoms with Crippen molar-refractivity contribution in [2.45, 2.75) is 65.6 Å². The molecule has 0 spiro atoms. The van der Waals surface area contributed by atoms with Crippen LogP contribution in [-0.2, 0) is 26.2 Å². The van der Waals surface area contributed by atoms with Gasteiger partial charge in [-0.2, -0.15) is 0 Å². The Morgan fingerprint density at radius 3 is 2.26 bits per heavy atom. The Morgan fingerprint density at radius 2 is 1.71 bits per heavy atom. The van der Waals surface area contributed by atoms with Crippen LogP contribution in [0.5, 0.6) is 0 Å². The molecule has 8 heteroatoms. The van der Waals surface area contributed by atoms with E-state index in [-0.39, 0.29) is 30.8 Å². The first-order valence-electron chi connectivity index (χ1n) is 11.7. The fourth-order valence-electron chi connectivity index (χ4n) is 3.91. The van der Waals surface area contributed by atoms with Crippen LogP contribution in [0.4, 0.5) is 5.69 Å². The van der Waals surface area contributed by atoms with Gasteiger partial charge in [-0.3, -0.25) is 13.9 Å². The van der Waals surface area contributed by atoms with E-state index in [1.54, 1.807) is 29.2 Å². The van der Waals surface area contributed by atoms with Gasteiger partial charge in [0.1, 0.15) is 6.04 Å². The van der Waals surface area contributed by atoms with Crippen LogP contribution in [0.1, 0.15) is 51.2 Å². The van der Waals surface area contributed by atoms with Gasteiger partial charge in [-0.05, 0) is 51.3 Å². The lowest BCUT2D eigenvalue weighted by atomic mass is 10.1. The molecule has 2 aromatic carbocycles. The zero-order valence-corrected chi connectivity index (χ0v) is 21.6. The number of sulfonamides is 1. The molecule has 0 aliphatic carbocycles. The van der Waals surface area contributed by atoms with Gasteiger partial charge < -0.3 is 10.2 Å². The number of carbonyl (C=O) groups excluding carboxylic acids is 2. The maximum absolute atomic E-state index is 13.4. The molecule has 1 atom stereocenters. The molecule has 0 unspecified atom stereocenters. The lowest BCUT2D eigenvalue weighted by Crippen LogP contribution is -2.50. The molecule has 0 fully saturated rings. The van der Waals surface area contributed by atoms with Crippen molar-refractivity contribution in [1.29, 1.82) is 0 Å². The van der Waals surface area contributed by atoms with Gasteiger partial charge in [0, 0.05) is 25.6 Å². The van der Waals surface area contributed by atoms with E-state index in [9.17, 15) is 18.0 Å². The summed E-state index contributed by atoms with van der Waals surface area (Å²) in [7, 11) is -3.49. The second-order valence-corrected chi connectivity index (χ2v) is 10.8. The summed E-state index contributed by atoms with van der Waals surface area (Å²) in [6.07, 6.45) is 2.12. The predicted octanol–water partition coefficient (Wildman–Crippen LogP) is 3.87. The first-order valence-corrected chi connectivity index (χ1v) is 13.6. The molecular weight excluding hydrogens is 450 g/mol. The Morgan fingerprint density at radius 1 is 1.03 bits per heavy atom. The SMILES string of the molecule is CC[C@@H](C(=O)NC(C)C)N(Cc1cccc(C)c1)C(=O)CCCN(c1ccccc1)S(C)(=O)=O. The minimum Gasteiger partial charge on any atom is -0.352 e. The second-order valence-electron chi connectivity index (χ2n) is 8.87. The quantitative estimate of drug-likeness (QED) is 0.492. The van der Waals surface area contributed by atoms with Crippen molar-refractivity contribution in [2.24, 2.45) is 0 Å². The van der Waals surface area contributed by atoms with Crippen molar-refractivity contribution in [3.63, 3.8) is 0 Å². The average Bonchev–Trinajstić information content (AvgIpc) is 2.75. The zero-order chi connectivity index (χ0) is 25.3. The first-order chi connectivity index (χ1) is 16.0. The van der Waals surface area contributed by atoms with E-state index in [2.05, 4.69) is 5.32 Å². The molecule has 2 amide bonds. The standard InChI is InChI=1S/C26H37N3O4S/c1-6-24(26(31)27-20(2)3)28(19-22-13-10-12-21(4)18-22)25(30)16-11-17-29(34(5,32)33)23-14-8-7-9-15-23/h7-10,12-15,18,20,24H,6,11,16-17,19H2,1-5H3,(H,27,31)/t24-/m0/s1. The zero-order valence-electron chi connectivity index (χ0n) is 20.8. The normalized spacial score (nSPS) is 12.3. The lowest BCUT2D eigenvalue weighted by molar-refractivity contribution is -0.141. The van der Waals surface area contributed by atoms with Gasteiger partial charge in [-0.15, -0.1) is 0 Å². The molecule has 0 heterocycles. The van der Waals surface area contributed by atoms with Crippen molar-refractivity contribution < 1.29 is 18.0 Å². The summed E-state index contributed by atoms with van der Waals surface area (Å²) in [5, 5.41) is 2.92. The number of hydrogen-bond donors (Lipinski definition) is 1. The Labute approximate surface area is 204 Å². The van der Waals surface area contributed by atoms with Gasteiger partial charge in [-0.25, -0.2) is 8.42 Å². The topological polar surface area (TPSA) is 86.8 Å². The molecule has 0 bridgehead atoms. The Bertz CT molecular complexity index is 1050. The molecule has 34 heavy (non-hydrogen) atoms. The molecule has 0 aliphatic heterocycles. The van der Waals surface area contributed by atoms with Crippen molar-refractivity contribution >= 4 is 27.5 Å². The fourth-order valence-corrected chi connectivity index (χ4v) is 4.87. The third-order valence-corrected chi connectivity index (χ3v) is 6.64. The van der Waals surface area contributed by atoms with Crippen molar-refractivity contribution in [2.75, 3.05) is 17.1 Å². The van der Waals surface area contributed by atoms with Gasteiger partial charge in [0.05, 0.1) is 11.9 Å². The van der Waals surface area contributed by atoms with Crippen LogP contribution in [-0.4, -0.2) is 50.0 Å². The van der Waals surface area contributed by atoms with E-state index < -0.39 is 16.1 Å². The number of benzene rings is 2. The number of anilines is 1. The summed E-state index contributed by atoms with van der Waals surface area (Å²) >= 11 is 0. The van der Waals surface area contributed by atoms with Gasteiger partial charge in [-0.1, -0.05) is 55.0 Å². The monoisotopic (exact) mass is 487 g/mol. The van der Waals surface area contributed by atoms with Crippen LogP contribution in [0, 0.1) is 6.92 Å². The van der Waals surface area contributed by atoms with E-state index in [4.69, 9.17) is 0 Å². The lowest BCUT2D eigenvalue weighted by Gasteiger charge is -2.31. The van der Waals surface area contributed by atoms with Gasteiger partial charge in [0.15, 0.2) is 0 Å². The Kier molecular flexibility index (Phi) is 10.1. The van der Waals surface area contributed by atoms with Crippen molar-refractivity contribution in [3.8, 4) is 0 Å². The number of hydrogen-bond acceptors (Lipinski definition) is 4. The highest BCUT2D eigenvalue weighted by atomic mass is 32.2. The van der Waals surface area contributed by atoms with E-state index in [0.29, 0.717) is 25.1 Å². The predicted molar refractivity (Wildman–Crippen MR) is 137 cm³/mol. The molecule has 2 rings (SSSR count). The third kappa shape index (κ3) is 8.17. The van der Waals surface area contributed by atoms with E-state index >= 15 is 0 Å². The summed E-state index contributed by atoms with van der Waals surface area (Å²) in [4.78, 5) is 27.9. The molecule has 186 valence electrons. The van der Waals surface area contributed by atoms with E-state index in [1.165, 1.54) is 4.31 Å². The molecule has 1 N–H and O–H groups in total. The van der Waals surface area contributed by atoms with Crippen LogP contribution in [0.15, 0.2) is 54.6 Å². The number of carbonyl (C=O) groups is 2. The van der Waals surface area contributed by atoms with Gasteiger partial charge >= 0.3 is 0 Å². The maximum Gasteiger partial charge on any atom is 0.243 e. The largest absolute Gasteiger partial charge is 0.352 e. The molecular formula is C26H37N3O4S. The minimum atomic E-state index is -3.49. The number of para-hydroxylation sites is 1. The molecule has 7 nitrogen and oxygen atoms in total. The minimum absolute atomic E-state index is 0.0355. The number of rotatable bonds is 12. The molecule has 2 aromatic rings. The number of nitrogens with zero attached hydrogens (tertiary/aromatic N) is 2. The molecule has 0 saturated heterocycles. The van der Waals surface area contributed by atoms with E-state index in [1.807, 2.05) is 58.0 Å². The fraction of sp³-hybridized carbons (Fsp3) is 0.462. The molecule has 0 aromatic heterocycles. The van der Waals surface area contributed by atoms with Gasteiger partial charge in [0.25, 0.3) is 0 Å². The first kappa shape index (κ1) is 27.4. The third-order valence-electron chi connectivity index (χ3n) is 5.45. The van der Waals surface area contributed by atoms with Crippen LogP contribution < -0.4 is 9.62 Å². The molecule has 0 aliphatic rings. The van der Waals surface area contributed by atoms with Gasteiger partial charge in [0.2, 0.25) is 21.8 Å². The summed E-state index contributed by atoms with van der Waals surface area (Å²) in [5.74, 6) is -0.352. The molecule has 0 radical (unpaired) electrons. The summed E-state index contributed by atoms with van der Waals surface area (Å²) in [6.45, 7) is 8.16. The van der Waals surface area contributed by atoms with Crippen LogP contribution >= 0.6 is 0 Å². The Hall–Kier alpha value is -2.87. The van der Waals surface area contributed by atoms with Crippen molar-refractivity contribution in [3.05, 3.63) is 65.7 Å². The van der Waals surface area contributed by atoms with Crippen LogP contribution in [0.25, 0.3) is 0 Å². The maximum atomic E-state index is 13.4. The number of amides is 2. The van der Waals surface area contributed by atoms with Crippen LogP contribution in [0.2, 0.25) is 0 Å². The number of aryl methyl sites for hydroxylation is 1. The average molecular weight is 488 g/mol. The highest BCUT2D eigenvalue weighted by Gasteiger charge is 2.29. The summed E-state index contributed by atoms with van der Waals surface area (Å²) in [5.41, 5.74) is 2.60. The highest BCUT2D eigenvalue weighted by Crippen LogP contribution is 2.19. The Balaban J connectivity index is 2.20.